The van der Waals surface area contributed by atoms with Crippen molar-refractivity contribution in [2.75, 3.05) is 18.9 Å². The molecule has 0 aliphatic carbocycles. The number of halogens is 1. The molecular formula is C14H23ClN2O3S. The van der Waals surface area contributed by atoms with Gasteiger partial charge in [0.25, 0.3) is 0 Å². The van der Waals surface area contributed by atoms with Crippen LogP contribution in [0.5, 0.6) is 0 Å². The predicted molar refractivity (Wildman–Crippen MR) is 85.9 cm³/mol. The Balaban J connectivity index is 2.86. The largest absolute Gasteiger partial charge is 0.398 e. The van der Waals surface area contributed by atoms with E-state index in [1.807, 2.05) is 6.92 Å². The first-order chi connectivity index (χ1) is 9.81. The molecule has 5 nitrogen and oxygen atoms in total. The molecule has 0 spiro atoms. The van der Waals surface area contributed by atoms with Gasteiger partial charge in [0.2, 0.25) is 10.0 Å². The molecule has 0 fully saturated rings. The Hall–Kier alpha value is -0.820. The zero-order valence-corrected chi connectivity index (χ0v) is 14.0. The van der Waals surface area contributed by atoms with Gasteiger partial charge in [-0.2, -0.15) is 0 Å². The second kappa shape index (κ2) is 7.98. The van der Waals surface area contributed by atoms with Crippen molar-refractivity contribution < 1.29 is 13.5 Å². The molecule has 0 radical (unpaired) electrons. The highest BCUT2D eigenvalue weighted by molar-refractivity contribution is 7.89. The first-order valence-corrected chi connectivity index (χ1v) is 8.84. The molecule has 4 N–H and O–H groups in total. The molecule has 0 heterocycles. The number of nitrogens with two attached hydrogens (primary N) is 1. The Morgan fingerprint density at radius 1 is 1.38 bits per heavy atom. The molecule has 21 heavy (non-hydrogen) atoms. The summed E-state index contributed by atoms with van der Waals surface area (Å²) in [5.41, 5.74) is 6.78. The van der Waals surface area contributed by atoms with Gasteiger partial charge in [-0.25, -0.2) is 13.1 Å². The van der Waals surface area contributed by atoms with Crippen LogP contribution >= 0.6 is 11.6 Å². The summed E-state index contributed by atoms with van der Waals surface area (Å²) in [4.78, 5) is 0.0647. The van der Waals surface area contributed by atoms with Gasteiger partial charge in [-0.1, -0.05) is 24.9 Å². The fraction of sp³-hybridized carbons (Fsp3) is 0.571. The molecule has 0 aromatic heterocycles. The van der Waals surface area contributed by atoms with Crippen LogP contribution in [0, 0.1) is 12.8 Å². The van der Waals surface area contributed by atoms with Gasteiger partial charge in [-0.15, -0.1) is 0 Å². The van der Waals surface area contributed by atoms with E-state index in [2.05, 4.69) is 4.72 Å². The number of hydrogen-bond acceptors (Lipinski definition) is 4. The number of hydrogen-bond donors (Lipinski definition) is 3. The van der Waals surface area contributed by atoms with E-state index in [-0.39, 0.29) is 17.4 Å². The summed E-state index contributed by atoms with van der Waals surface area (Å²) in [6.07, 6.45) is 2.38. The van der Waals surface area contributed by atoms with E-state index < -0.39 is 10.0 Å². The van der Waals surface area contributed by atoms with Crippen LogP contribution in [-0.4, -0.2) is 26.7 Å². The van der Waals surface area contributed by atoms with Crippen molar-refractivity contribution in [1.29, 1.82) is 0 Å². The first kappa shape index (κ1) is 18.2. The Bertz CT molecular complexity index is 547. The van der Waals surface area contributed by atoms with Gasteiger partial charge < -0.3 is 10.8 Å². The monoisotopic (exact) mass is 334 g/mol. The summed E-state index contributed by atoms with van der Waals surface area (Å²) in [6, 6.07) is 2.81. The molecule has 1 unspecified atom stereocenters. The lowest BCUT2D eigenvalue weighted by Gasteiger charge is -2.16. The molecule has 0 amide bonds. The van der Waals surface area contributed by atoms with Gasteiger partial charge in [-0.3, -0.25) is 0 Å². The number of rotatable bonds is 8. The second-order valence-corrected chi connectivity index (χ2v) is 7.31. The molecule has 1 atom stereocenters. The highest BCUT2D eigenvalue weighted by Crippen LogP contribution is 2.26. The summed E-state index contributed by atoms with van der Waals surface area (Å²) in [5.74, 6) is 0.119. The van der Waals surface area contributed by atoms with Crippen LogP contribution in [-0.2, 0) is 10.0 Å². The molecule has 0 saturated heterocycles. The summed E-state index contributed by atoms with van der Waals surface area (Å²) < 4.78 is 27.1. The quantitative estimate of drug-likeness (QED) is 0.636. The maximum Gasteiger partial charge on any atom is 0.240 e. The maximum absolute atomic E-state index is 12.3. The van der Waals surface area contributed by atoms with Crippen molar-refractivity contribution in [1.82, 2.24) is 4.72 Å². The van der Waals surface area contributed by atoms with Gasteiger partial charge in [0, 0.05) is 23.9 Å². The van der Waals surface area contributed by atoms with Crippen molar-refractivity contribution in [3.8, 4) is 0 Å². The minimum Gasteiger partial charge on any atom is -0.398 e. The average molecular weight is 335 g/mol. The first-order valence-electron chi connectivity index (χ1n) is 6.98. The summed E-state index contributed by atoms with van der Waals surface area (Å²) >= 11 is 5.98. The van der Waals surface area contributed by atoms with Gasteiger partial charge >= 0.3 is 0 Å². The van der Waals surface area contributed by atoms with Crippen LogP contribution in [0.3, 0.4) is 0 Å². The molecule has 0 aliphatic rings. The fourth-order valence-corrected chi connectivity index (χ4v) is 3.55. The minimum absolute atomic E-state index is 0.0513. The van der Waals surface area contributed by atoms with Gasteiger partial charge in [-0.05, 0) is 43.4 Å². The lowest BCUT2D eigenvalue weighted by molar-refractivity contribution is 0.251. The summed E-state index contributed by atoms with van der Waals surface area (Å²) in [5, 5.41) is 9.33. The van der Waals surface area contributed by atoms with Crippen molar-refractivity contribution in [3.05, 3.63) is 22.7 Å². The summed E-state index contributed by atoms with van der Waals surface area (Å²) in [6.45, 7) is 4.11. The number of aliphatic hydroxyl groups is 1. The van der Waals surface area contributed by atoms with Crippen molar-refractivity contribution in [2.24, 2.45) is 5.92 Å². The van der Waals surface area contributed by atoms with Crippen molar-refractivity contribution >= 4 is 27.3 Å². The van der Waals surface area contributed by atoms with E-state index in [0.29, 0.717) is 29.2 Å². The van der Waals surface area contributed by atoms with Crippen molar-refractivity contribution in [2.45, 2.75) is 38.0 Å². The zero-order valence-electron chi connectivity index (χ0n) is 12.4. The standard InChI is InChI=1S/C14H23ClN2O3S/c1-3-4-11(5-6-18)9-17-21(19,20)12-7-13(15)10(2)14(16)8-12/h7-8,11,17-18H,3-6,9,16H2,1-2H3. The van der Waals surface area contributed by atoms with Crippen LogP contribution in [0.2, 0.25) is 5.02 Å². The normalized spacial score (nSPS) is 13.3. The second-order valence-electron chi connectivity index (χ2n) is 5.14. The van der Waals surface area contributed by atoms with E-state index in [1.54, 1.807) is 6.92 Å². The third-order valence-electron chi connectivity index (χ3n) is 3.46. The van der Waals surface area contributed by atoms with E-state index in [0.717, 1.165) is 12.8 Å². The lowest BCUT2D eigenvalue weighted by atomic mass is 10.0. The maximum atomic E-state index is 12.3. The molecule has 0 aliphatic heterocycles. The molecule has 1 aromatic carbocycles. The van der Waals surface area contributed by atoms with E-state index in [1.165, 1.54) is 12.1 Å². The van der Waals surface area contributed by atoms with E-state index in [9.17, 15) is 8.42 Å². The number of nitrogens with one attached hydrogen (secondary N) is 1. The fourth-order valence-electron chi connectivity index (χ4n) is 2.08. The number of aliphatic hydroxyl groups excluding tert-OH is 1. The summed E-state index contributed by atoms with van der Waals surface area (Å²) in [7, 11) is -3.65. The van der Waals surface area contributed by atoms with Gasteiger partial charge in [0.1, 0.15) is 0 Å². The number of sulfonamides is 1. The van der Waals surface area contributed by atoms with Crippen molar-refractivity contribution in [3.63, 3.8) is 0 Å². The highest BCUT2D eigenvalue weighted by atomic mass is 35.5. The number of benzene rings is 1. The van der Waals surface area contributed by atoms with Gasteiger partial charge in [0.15, 0.2) is 0 Å². The Morgan fingerprint density at radius 3 is 2.57 bits per heavy atom. The zero-order chi connectivity index (χ0) is 16.0. The third-order valence-corrected chi connectivity index (χ3v) is 5.26. The van der Waals surface area contributed by atoms with E-state index in [4.69, 9.17) is 22.4 Å². The SMILES string of the molecule is CCCC(CCO)CNS(=O)(=O)c1cc(N)c(C)c(Cl)c1. The smallest absolute Gasteiger partial charge is 0.240 e. The highest BCUT2D eigenvalue weighted by Gasteiger charge is 2.18. The number of nitrogen functional groups attached to an aromatic ring is 1. The average Bonchev–Trinajstić information content (AvgIpc) is 2.42. The van der Waals surface area contributed by atoms with Crippen LogP contribution in [0.25, 0.3) is 0 Å². The van der Waals surface area contributed by atoms with Gasteiger partial charge in [0.05, 0.1) is 4.90 Å². The molecular weight excluding hydrogens is 312 g/mol. The Kier molecular flexibility index (Phi) is 6.93. The lowest BCUT2D eigenvalue weighted by Crippen LogP contribution is -2.30. The topological polar surface area (TPSA) is 92.4 Å². The van der Waals surface area contributed by atoms with Crippen LogP contribution in [0.15, 0.2) is 17.0 Å². The molecule has 1 rings (SSSR count). The predicted octanol–water partition coefficient (Wildman–Crippen LogP) is 2.31. The number of anilines is 1. The van der Waals surface area contributed by atoms with Crippen LogP contribution < -0.4 is 10.5 Å². The van der Waals surface area contributed by atoms with Crippen LogP contribution in [0.4, 0.5) is 5.69 Å². The molecule has 0 saturated carbocycles. The Labute approximate surface area is 131 Å². The Morgan fingerprint density at radius 2 is 2.05 bits per heavy atom. The minimum atomic E-state index is -3.65. The third kappa shape index (κ3) is 5.14. The molecule has 1 aromatic rings. The molecule has 120 valence electrons. The molecule has 0 bridgehead atoms. The molecule has 7 heteroatoms. The van der Waals surface area contributed by atoms with Crippen LogP contribution in [0.1, 0.15) is 31.7 Å². The van der Waals surface area contributed by atoms with E-state index >= 15 is 0 Å².